The van der Waals surface area contributed by atoms with E-state index in [-0.39, 0.29) is 0 Å². The van der Waals surface area contributed by atoms with E-state index < -0.39 is 0 Å². The van der Waals surface area contributed by atoms with Crippen LogP contribution >= 0.6 is 0 Å². The van der Waals surface area contributed by atoms with Crippen LogP contribution in [0.25, 0.3) is 0 Å². The van der Waals surface area contributed by atoms with Gasteiger partial charge in [0.05, 0.1) is 23.8 Å². The molecule has 3 nitrogen and oxygen atoms in total. The summed E-state index contributed by atoms with van der Waals surface area (Å²) < 4.78 is 0. The maximum Gasteiger partial charge on any atom is 0.0547 e. The largest absolute Gasteiger partial charge is 0.384 e. The third-order valence-electron chi connectivity index (χ3n) is 2.67. The quantitative estimate of drug-likeness (QED) is 0.741. The van der Waals surface area contributed by atoms with Crippen LogP contribution in [0.1, 0.15) is 33.6 Å². The summed E-state index contributed by atoms with van der Waals surface area (Å²) in [6.07, 6.45) is 6.07. The van der Waals surface area contributed by atoms with Gasteiger partial charge in [0, 0.05) is 13.1 Å². The lowest BCUT2D eigenvalue weighted by Crippen LogP contribution is -2.10. The molecule has 1 unspecified atom stereocenters. The molecule has 0 saturated carbocycles. The van der Waals surface area contributed by atoms with Gasteiger partial charge in [0.2, 0.25) is 0 Å². The summed E-state index contributed by atoms with van der Waals surface area (Å²) in [6, 6.07) is 2.12. The van der Waals surface area contributed by atoms with Crippen molar-refractivity contribution in [3.05, 3.63) is 18.5 Å². The highest BCUT2D eigenvalue weighted by atomic mass is 14.9. The molecule has 0 aliphatic heterocycles. The van der Waals surface area contributed by atoms with Crippen LogP contribution in [0.15, 0.2) is 18.5 Å². The summed E-state index contributed by atoms with van der Waals surface area (Å²) in [6.45, 7) is 8.63. The molecule has 1 heterocycles. The maximum absolute atomic E-state index is 4.22. The van der Waals surface area contributed by atoms with Gasteiger partial charge in [0.15, 0.2) is 0 Å². The zero-order chi connectivity index (χ0) is 11.8. The molecule has 1 rings (SSSR count). The van der Waals surface area contributed by atoms with E-state index in [1.165, 1.54) is 6.42 Å². The first-order chi connectivity index (χ1) is 7.76. The molecule has 1 aromatic rings. The number of hydrogen-bond acceptors (Lipinski definition) is 3. The minimum Gasteiger partial charge on any atom is -0.384 e. The number of anilines is 2. The van der Waals surface area contributed by atoms with Crippen molar-refractivity contribution in [2.45, 2.75) is 33.6 Å². The van der Waals surface area contributed by atoms with E-state index in [0.717, 1.165) is 30.9 Å². The molecule has 1 aromatic heterocycles. The standard InChI is InChI=1S/C13H23N3/c1-4-6-15-12-7-13(10-14-9-12)16-8-11(3)5-2/h7,9-11,15-16H,4-6,8H2,1-3H3. The molecular weight excluding hydrogens is 198 g/mol. The summed E-state index contributed by atoms with van der Waals surface area (Å²) in [5.41, 5.74) is 2.19. The number of nitrogens with one attached hydrogen (secondary N) is 2. The van der Waals surface area contributed by atoms with Gasteiger partial charge in [-0.3, -0.25) is 4.98 Å². The van der Waals surface area contributed by atoms with E-state index in [0.29, 0.717) is 5.92 Å². The highest BCUT2D eigenvalue weighted by Gasteiger charge is 1.99. The van der Waals surface area contributed by atoms with Crippen molar-refractivity contribution in [1.29, 1.82) is 0 Å². The van der Waals surface area contributed by atoms with Crippen LogP contribution in [0.5, 0.6) is 0 Å². The van der Waals surface area contributed by atoms with Crippen molar-refractivity contribution in [1.82, 2.24) is 4.98 Å². The molecule has 16 heavy (non-hydrogen) atoms. The second kappa shape index (κ2) is 7.09. The molecular formula is C13H23N3. The molecule has 3 heteroatoms. The fourth-order valence-corrected chi connectivity index (χ4v) is 1.34. The van der Waals surface area contributed by atoms with Crippen LogP contribution in [-0.2, 0) is 0 Å². The molecule has 0 radical (unpaired) electrons. The van der Waals surface area contributed by atoms with Gasteiger partial charge in [-0.25, -0.2) is 0 Å². The number of nitrogens with zero attached hydrogens (tertiary/aromatic N) is 1. The SMILES string of the molecule is CCCNc1cncc(NCC(C)CC)c1. The molecule has 2 N–H and O–H groups in total. The van der Waals surface area contributed by atoms with E-state index >= 15 is 0 Å². The van der Waals surface area contributed by atoms with Crippen LogP contribution in [0, 0.1) is 5.92 Å². The molecule has 0 bridgehead atoms. The lowest BCUT2D eigenvalue weighted by atomic mass is 10.1. The van der Waals surface area contributed by atoms with E-state index in [1.54, 1.807) is 0 Å². The Morgan fingerprint density at radius 2 is 1.88 bits per heavy atom. The van der Waals surface area contributed by atoms with Crippen LogP contribution in [0.3, 0.4) is 0 Å². The number of rotatable bonds is 7. The summed E-state index contributed by atoms with van der Waals surface area (Å²) in [5.74, 6) is 0.701. The first-order valence-electron chi connectivity index (χ1n) is 6.19. The monoisotopic (exact) mass is 221 g/mol. The van der Waals surface area contributed by atoms with Crippen LogP contribution < -0.4 is 10.6 Å². The molecule has 0 fully saturated rings. The normalized spacial score (nSPS) is 12.2. The molecule has 90 valence electrons. The van der Waals surface area contributed by atoms with Crippen molar-refractivity contribution in [3.8, 4) is 0 Å². The average molecular weight is 221 g/mol. The Bertz CT molecular complexity index is 299. The first-order valence-corrected chi connectivity index (χ1v) is 6.19. The van der Waals surface area contributed by atoms with Gasteiger partial charge < -0.3 is 10.6 Å². The first kappa shape index (κ1) is 12.8. The topological polar surface area (TPSA) is 37.0 Å². The molecule has 0 saturated heterocycles. The van der Waals surface area contributed by atoms with Gasteiger partial charge in [-0.05, 0) is 18.4 Å². The van der Waals surface area contributed by atoms with Crippen molar-refractivity contribution in [2.24, 2.45) is 5.92 Å². The molecule has 0 spiro atoms. The van der Waals surface area contributed by atoms with E-state index in [1.807, 2.05) is 12.4 Å². The Kier molecular flexibility index (Phi) is 5.68. The van der Waals surface area contributed by atoms with E-state index in [2.05, 4.69) is 42.5 Å². The van der Waals surface area contributed by atoms with Gasteiger partial charge in [-0.1, -0.05) is 27.2 Å². The van der Waals surface area contributed by atoms with Gasteiger partial charge in [-0.2, -0.15) is 0 Å². The zero-order valence-corrected chi connectivity index (χ0v) is 10.6. The Hall–Kier alpha value is -1.25. The van der Waals surface area contributed by atoms with Crippen LogP contribution in [0.4, 0.5) is 11.4 Å². The molecule has 0 amide bonds. The van der Waals surface area contributed by atoms with Gasteiger partial charge in [0.1, 0.15) is 0 Å². The summed E-state index contributed by atoms with van der Waals surface area (Å²) >= 11 is 0. The average Bonchev–Trinajstić information content (AvgIpc) is 2.34. The smallest absolute Gasteiger partial charge is 0.0547 e. The Morgan fingerprint density at radius 1 is 1.19 bits per heavy atom. The Balaban J connectivity index is 2.46. The molecule has 0 aromatic carbocycles. The second-order valence-electron chi connectivity index (χ2n) is 4.28. The summed E-state index contributed by atoms with van der Waals surface area (Å²) in [5, 5.41) is 6.74. The predicted octanol–water partition coefficient (Wildman–Crippen LogP) is 3.36. The summed E-state index contributed by atoms with van der Waals surface area (Å²) in [4.78, 5) is 4.22. The van der Waals surface area contributed by atoms with Gasteiger partial charge in [0.25, 0.3) is 0 Å². The predicted molar refractivity (Wildman–Crippen MR) is 71.0 cm³/mol. The third kappa shape index (κ3) is 4.51. The fourth-order valence-electron chi connectivity index (χ4n) is 1.34. The van der Waals surface area contributed by atoms with Crippen molar-refractivity contribution in [3.63, 3.8) is 0 Å². The lowest BCUT2D eigenvalue weighted by Gasteiger charge is -2.12. The Labute approximate surface area is 98.7 Å². The van der Waals surface area contributed by atoms with Crippen LogP contribution in [0.2, 0.25) is 0 Å². The van der Waals surface area contributed by atoms with Crippen molar-refractivity contribution >= 4 is 11.4 Å². The Morgan fingerprint density at radius 3 is 2.50 bits per heavy atom. The van der Waals surface area contributed by atoms with Crippen molar-refractivity contribution < 1.29 is 0 Å². The maximum atomic E-state index is 4.22. The molecule has 0 aliphatic carbocycles. The number of aromatic nitrogens is 1. The van der Waals surface area contributed by atoms with E-state index in [9.17, 15) is 0 Å². The number of hydrogen-bond donors (Lipinski definition) is 2. The molecule has 1 atom stereocenters. The fraction of sp³-hybridized carbons (Fsp3) is 0.615. The second-order valence-corrected chi connectivity index (χ2v) is 4.28. The third-order valence-corrected chi connectivity index (χ3v) is 2.67. The highest BCUT2D eigenvalue weighted by Crippen LogP contribution is 2.13. The zero-order valence-electron chi connectivity index (χ0n) is 10.6. The van der Waals surface area contributed by atoms with Crippen molar-refractivity contribution in [2.75, 3.05) is 23.7 Å². The van der Waals surface area contributed by atoms with Crippen LogP contribution in [-0.4, -0.2) is 18.1 Å². The number of pyridine rings is 1. The lowest BCUT2D eigenvalue weighted by molar-refractivity contribution is 0.593. The minimum atomic E-state index is 0.701. The van der Waals surface area contributed by atoms with E-state index in [4.69, 9.17) is 0 Å². The molecule has 0 aliphatic rings. The summed E-state index contributed by atoms with van der Waals surface area (Å²) in [7, 11) is 0. The van der Waals surface area contributed by atoms with Gasteiger partial charge in [-0.15, -0.1) is 0 Å². The highest BCUT2D eigenvalue weighted by molar-refractivity contribution is 5.53. The minimum absolute atomic E-state index is 0.701. The van der Waals surface area contributed by atoms with Gasteiger partial charge >= 0.3 is 0 Å².